The van der Waals surface area contributed by atoms with Crippen LogP contribution < -0.4 is 4.74 Å². The molecule has 0 saturated carbocycles. The third-order valence-electron chi connectivity index (χ3n) is 2.10. The Balaban J connectivity index is 2.90. The van der Waals surface area contributed by atoms with Gasteiger partial charge in [-0.2, -0.15) is 13.2 Å². The van der Waals surface area contributed by atoms with Crippen molar-refractivity contribution < 1.29 is 22.7 Å². The maximum Gasteiger partial charge on any atom is 0.425 e. The molecule has 2 nitrogen and oxygen atoms in total. The van der Waals surface area contributed by atoms with Gasteiger partial charge in [0.25, 0.3) is 0 Å². The van der Waals surface area contributed by atoms with Crippen LogP contribution in [0.15, 0.2) is 18.2 Å². The first-order chi connectivity index (χ1) is 7.71. The average molecular weight is 267 g/mol. The quantitative estimate of drug-likeness (QED) is 0.776. The van der Waals surface area contributed by atoms with Gasteiger partial charge in [0.1, 0.15) is 5.75 Å². The summed E-state index contributed by atoms with van der Waals surface area (Å²) in [6, 6.07) is 3.90. The molecule has 0 N–H and O–H groups in total. The Labute approximate surface area is 101 Å². The first-order valence-electron chi connectivity index (χ1n) is 4.75. The summed E-state index contributed by atoms with van der Waals surface area (Å²) in [5, 5.41) is -0.0196. The molecule has 1 unspecified atom stereocenters. The third kappa shape index (κ3) is 3.63. The van der Waals surface area contributed by atoms with Crippen molar-refractivity contribution in [2.45, 2.75) is 26.1 Å². The largest absolute Gasteiger partial charge is 0.480 e. The molecule has 0 fully saturated rings. The third-order valence-corrected chi connectivity index (χ3v) is 2.40. The van der Waals surface area contributed by atoms with Gasteiger partial charge in [-0.3, -0.25) is 4.79 Å². The molecule has 0 amide bonds. The molecule has 0 aliphatic rings. The molecule has 94 valence electrons. The second kappa shape index (κ2) is 4.96. The molecule has 0 bridgehead atoms. The number of hydrogen-bond donors (Lipinski definition) is 0. The summed E-state index contributed by atoms with van der Waals surface area (Å²) in [5.74, 6) is -0.316. The minimum atomic E-state index is -4.46. The van der Waals surface area contributed by atoms with E-state index in [-0.39, 0.29) is 16.6 Å². The van der Waals surface area contributed by atoms with Gasteiger partial charge in [-0.05, 0) is 32.0 Å². The van der Waals surface area contributed by atoms with Crippen LogP contribution in [-0.2, 0) is 0 Å². The Morgan fingerprint density at radius 2 is 2.00 bits per heavy atom. The molecule has 0 aliphatic carbocycles. The molecule has 6 heteroatoms. The molecule has 1 aromatic rings. The Morgan fingerprint density at radius 3 is 2.41 bits per heavy atom. The number of carbonyl (C=O) groups is 1. The van der Waals surface area contributed by atoms with Crippen molar-refractivity contribution in [1.82, 2.24) is 0 Å². The van der Waals surface area contributed by atoms with Gasteiger partial charge in [-0.1, -0.05) is 11.6 Å². The number of ether oxygens (including phenoxy) is 1. The van der Waals surface area contributed by atoms with E-state index in [1.165, 1.54) is 25.1 Å². The van der Waals surface area contributed by atoms with Crippen LogP contribution in [0.5, 0.6) is 5.75 Å². The Bertz CT molecular complexity index is 429. The summed E-state index contributed by atoms with van der Waals surface area (Å²) in [4.78, 5) is 11.0. The molecule has 0 radical (unpaired) electrons. The summed E-state index contributed by atoms with van der Waals surface area (Å²) >= 11 is 5.72. The first kappa shape index (κ1) is 13.8. The molecule has 1 rings (SSSR count). The zero-order chi connectivity index (χ0) is 13.2. The van der Waals surface area contributed by atoms with Crippen molar-refractivity contribution in [2.24, 2.45) is 0 Å². The highest BCUT2D eigenvalue weighted by atomic mass is 35.5. The van der Waals surface area contributed by atoms with Crippen LogP contribution in [0.2, 0.25) is 5.02 Å². The number of halogens is 4. The van der Waals surface area contributed by atoms with E-state index in [2.05, 4.69) is 4.74 Å². The van der Waals surface area contributed by atoms with Gasteiger partial charge >= 0.3 is 6.18 Å². The van der Waals surface area contributed by atoms with Gasteiger partial charge < -0.3 is 4.74 Å². The number of Topliss-reactive ketones (excluding diaryl/α,β-unsaturated/α-hetero) is 1. The Hall–Kier alpha value is -1.23. The van der Waals surface area contributed by atoms with E-state index < -0.39 is 12.3 Å². The summed E-state index contributed by atoms with van der Waals surface area (Å²) < 4.78 is 41.4. The zero-order valence-corrected chi connectivity index (χ0v) is 9.89. The topological polar surface area (TPSA) is 26.3 Å². The SMILES string of the molecule is CC(=O)c1ccc(OC(C)C(F)(F)F)c(Cl)c1. The molecule has 1 atom stereocenters. The number of alkyl halides is 3. The predicted molar refractivity (Wildman–Crippen MR) is 57.6 cm³/mol. The lowest BCUT2D eigenvalue weighted by molar-refractivity contribution is -0.189. The van der Waals surface area contributed by atoms with E-state index in [9.17, 15) is 18.0 Å². The molecule has 0 spiro atoms. The van der Waals surface area contributed by atoms with E-state index in [0.717, 1.165) is 6.92 Å². The van der Waals surface area contributed by atoms with Gasteiger partial charge in [0.05, 0.1) is 5.02 Å². The van der Waals surface area contributed by atoms with Crippen molar-refractivity contribution >= 4 is 17.4 Å². The fourth-order valence-corrected chi connectivity index (χ4v) is 1.30. The van der Waals surface area contributed by atoms with Crippen molar-refractivity contribution in [3.8, 4) is 5.75 Å². The van der Waals surface area contributed by atoms with E-state index in [1.54, 1.807) is 0 Å². The van der Waals surface area contributed by atoms with Crippen LogP contribution in [0.3, 0.4) is 0 Å². The lowest BCUT2D eigenvalue weighted by Gasteiger charge is -2.18. The van der Waals surface area contributed by atoms with E-state index >= 15 is 0 Å². The second-order valence-electron chi connectivity index (χ2n) is 3.50. The van der Waals surface area contributed by atoms with E-state index in [4.69, 9.17) is 11.6 Å². The van der Waals surface area contributed by atoms with Crippen LogP contribution in [0.25, 0.3) is 0 Å². The average Bonchev–Trinajstić information content (AvgIpc) is 2.19. The van der Waals surface area contributed by atoms with Gasteiger partial charge in [-0.25, -0.2) is 0 Å². The maximum absolute atomic E-state index is 12.3. The number of carbonyl (C=O) groups excluding carboxylic acids is 1. The number of hydrogen-bond acceptors (Lipinski definition) is 2. The van der Waals surface area contributed by atoms with Crippen molar-refractivity contribution in [1.29, 1.82) is 0 Å². The molecule has 17 heavy (non-hydrogen) atoms. The van der Waals surface area contributed by atoms with Gasteiger partial charge in [0.15, 0.2) is 11.9 Å². The highest BCUT2D eigenvalue weighted by Crippen LogP contribution is 2.30. The smallest absolute Gasteiger partial charge is 0.425 e. The fourth-order valence-electron chi connectivity index (χ4n) is 1.07. The van der Waals surface area contributed by atoms with Crippen molar-refractivity contribution in [2.75, 3.05) is 0 Å². The van der Waals surface area contributed by atoms with Crippen LogP contribution in [-0.4, -0.2) is 18.1 Å². The summed E-state index contributed by atoms with van der Waals surface area (Å²) in [6.45, 7) is 2.22. The lowest BCUT2D eigenvalue weighted by atomic mass is 10.1. The molecule has 0 aliphatic heterocycles. The zero-order valence-electron chi connectivity index (χ0n) is 9.14. The van der Waals surface area contributed by atoms with E-state index in [0.29, 0.717) is 5.56 Å². The van der Waals surface area contributed by atoms with Gasteiger partial charge in [-0.15, -0.1) is 0 Å². The number of benzene rings is 1. The van der Waals surface area contributed by atoms with Crippen LogP contribution in [0.4, 0.5) is 13.2 Å². The normalized spacial score (nSPS) is 13.3. The lowest BCUT2D eigenvalue weighted by Crippen LogP contribution is -2.31. The minimum Gasteiger partial charge on any atom is -0.480 e. The predicted octanol–water partition coefficient (Wildman–Crippen LogP) is 3.87. The van der Waals surface area contributed by atoms with Crippen molar-refractivity contribution in [3.63, 3.8) is 0 Å². The standard InChI is InChI=1S/C11H10ClF3O2/c1-6(16)8-3-4-10(9(12)5-8)17-7(2)11(13,14)15/h3-5,7H,1-2H3. The molecule has 0 aromatic heterocycles. The highest BCUT2D eigenvalue weighted by molar-refractivity contribution is 6.32. The Kier molecular flexibility index (Phi) is 4.03. The monoisotopic (exact) mass is 266 g/mol. The van der Waals surface area contributed by atoms with Crippen LogP contribution in [0.1, 0.15) is 24.2 Å². The van der Waals surface area contributed by atoms with Crippen LogP contribution in [0, 0.1) is 0 Å². The fraction of sp³-hybridized carbons (Fsp3) is 0.364. The number of rotatable bonds is 3. The molecular formula is C11H10ClF3O2. The maximum atomic E-state index is 12.3. The molecule has 0 heterocycles. The van der Waals surface area contributed by atoms with Crippen molar-refractivity contribution in [3.05, 3.63) is 28.8 Å². The Morgan fingerprint density at radius 1 is 1.41 bits per heavy atom. The van der Waals surface area contributed by atoms with Gasteiger partial charge in [0.2, 0.25) is 0 Å². The first-order valence-corrected chi connectivity index (χ1v) is 5.13. The second-order valence-corrected chi connectivity index (χ2v) is 3.91. The summed E-state index contributed by atoms with van der Waals surface area (Å²) in [6.07, 6.45) is -6.41. The molecule has 1 aromatic carbocycles. The van der Waals surface area contributed by atoms with E-state index in [1.807, 2.05) is 0 Å². The summed E-state index contributed by atoms with van der Waals surface area (Å²) in [7, 11) is 0. The number of ketones is 1. The van der Waals surface area contributed by atoms with Gasteiger partial charge in [0, 0.05) is 5.56 Å². The van der Waals surface area contributed by atoms with Crippen LogP contribution >= 0.6 is 11.6 Å². The highest BCUT2D eigenvalue weighted by Gasteiger charge is 2.38. The molecule has 0 saturated heterocycles. The molecular weight excluding hydrogens is 257 g/mol. The summed E-state index contributed by atoms with van der Waals surface area (Å²) in [5.41, 5.74) is 0.321. The minimum absolute atomic E-state index is 0.0196.